The molecule has 0 spiro atoms. The Morgan fingerprint density at radius 2 is 2.12 bits per heavy atom. The molecular weight excluding hydrogens is 321 g/mol. The molecule has 3 rings (SSSR count). The minimum Gasteiger partial charge on any atom is -0.342 e. The second kappa shape index (κ2) is 7.72. The van der Waals surface area contributed by atoms with E-state index in [0.717, 1.165) is 37.9 Å². The van der Waals surface area contributed by atoms with Crippen molar-refractivity contribution in [1.82, 2.24) is 25.5 Å². The second-order valence-electron chi connectivity index (χ2n) is 6.95. The first-order chi connectivity index (χ1) is 12.0. The van der Waals surface area contributed by atoms with E-state index in [1.165, 1.54) is 12.1 Å². The zero-order valence-corrected chi connectivity index (χ0v) is 14.7. The topological polar surface area (TPSA) is 74.8 Å². The van der Waals surface area contributed by atoms with Gasteiger partial charge in [-0.15, -0.1) is 10.2 Å². The number of likely N-dealkylation sites (tertiary alicyclic amines) is 1. The van der Waals surface area contributed by atoms with Crippen molar-refractivity contribution in [2.45, 2.75) is 39.0 Å². The van der Waals surface area contributed by atoms with Gasteiger partial charge in [0, 0.05) is 25.4 Å². The maximum Gasteiger partial charge on any atom is 0.226 e. The predicted molar refractivity (Wildman–Crippen MR) is 91.2 cm³/mol. The highest BCUT2D eigenvalue weighted by atomic mass is 19.1. The van der Waals surface area contributed by atoms with E-state index < -0.39 is 0 Å². The maximum absolute atomic E-state index is 13.1. The van der Waals surface area contributed by atoms with E-state index in [1.807, 2.05) is 18.7 Å². The molecule has 1 saturated heterocycles. The van der Waals surface area contributed by atoms with Crippen molar-refractivity contribution in [2.24, 2.45) is 11.8 Å². The average Bonchev–Trinajstić information content (AvgIpc) is 3.13. The molecule has 1 aromatic heterocycles. The summed E-state index contributed by atoms with van der Waals surface area (Å²) < 4.78 is 13.1. The molecule has 134 valence electrons. The average molecular weight is 345 g/mol. The molecule has 1 aromatic carbocycles. The Kier molecular flexibility index (Phi) is 5.40. The lowest BCUT2D eigenvalue weighted by Gasteiger charge is -2.35. The molecule has 7 heteroatoms. The summed E-state index contributed by atoms with van der Waals surface area (Å²) in [5, 5.41) is 14.1. The molecule has 0 radical (unpaired) electrons. The van der Waals surface area contributed by atoms with Gasteiger partial charge in [-0.05, 0) is 42.4 Å². The summed E-state index contributed by atoms with van der Waals surface area (Å²) >= 11 is 0. The molecule has 2 heterocycles. The van der Waals surface area contributed by atoms with Crippen LogP contribution in [0.15, 0.2) is 24.3 Å². The van der Waals surface area contributed by atoms with Crippen molar-refractivity contribution < 1.29 is 9.18 Å². The minimum absolute atomic E-state index is 0.0469. The van der Waals surface area contributed by atoms with Crippen molar-refractivity contribution >= 4 is 5.91 Å². The fraction of sp³-hybridized carbons (Fsp3) is 0.556. The van der Waals surface area contributed by atoms with Crippen LogP contribution in [0.3, 0.4) is 0 Å². The Bertz CT molecular complexity index is 688. The zero-order chi connectivity index (χ0) is 17.8. The van der Waals surface area contributed by atoms with E-state index in [2.05, 4.69) is 20.6 Å². The molecule has 1 aliphatic rings. The number of nitrogens with zero attached hydrogens (tertiary/aromatic N) is 4. The molecule has 1 aliphatic heterocycles. The predicted octanol–water partition coefficient (Wildman–Crippen LogP) is 2.56. The van der Waals surface area contributed by atoms with Crippen LogP contribution in [0, 0.1) is 17.7 Å². The summed E-state index contributed by atoms with van der Waals surface area (Å²) in [6, 6.07) is 6.42. The van der Waals surface area contributed by atoms with Crippen LogP contribution >= 0.6 is 0 Å². The van der Waals surface area contributed by atoms with Crippen LogP contribution in [0.4, 0.5) is 4.39 Å². The van der Waals surface area contributed by atoms with Gasteiger partial charge in [0.05, 0.1) is 0 Å². The van der Waals surface area contributed by atoms with E-state index in [1.54, 1.807) is 12.1 Å². The standard InChI is InChI=1S/C18H24FN5O/c1-12(15-5-7-16(19)8-6-15)13(2)18(25)24-9-3-4-14(11-24)10-17-20-22-23-21-17/h5-8,12-14H,3-4,9-11H2,1-2H3,(H,20,21,22,23). The number of hydrogen-bond donors (Lipinski definition) is 1. The van der Waals surface area contributed by atoms with Crippen LogP contribution < -0.4 is 0 Å². The van der Waals surface area contributed by atoms with Gasteiger partial charge in [0.1, 0.15) is 5.82 Å². The summed E-state index contributed by atoms with van der Waals surface area (Å²) in [7, 11) is 0. The quantitative estimate of drug-likeness (QED) is 0.904. The van der Waals surface area contributed by atoms with Crippen LogP contribution in [-0.2, 0) is 11.2 Å². The lowest BCUT2D eigenvalue weighted by Crippen LogP contribution is -2.44. The summed E-state index contributed by atoms with van der Waals surface area (Å²) in [6.45, 7) is 5.51. The molecule has 1 amide bonds. The number of aromatic amines is 1. The number of tetrazole rings is 1. The van der Waals surface area contributed by atoms with Crippen molar-refractivity contribution in [1.29, 1.82) is 0 Å². The molecule has 0 bridgehead atoms. The number of aromatic nitrogens is 4. The van der Waals surface area contributed by atoms with Gasteiger partial charge < -0.3 is 4.90 Å². The molecular formula is C18H24FN5O. The van der Waals surface area contributed by atoms with E-state index in [9.17, 15) is 9.18 Å². The first kappa shape index (κ1) is 17.5. The number of halogens is 1. The van der Waals surface area contributed by atoms with Crippen LogP contribution in [0.25, 0.3) is 0 Å². The van der Waals surface area contributed by atoms with Crippen LogP contribution in [0.2, 0.25) is 0 Å². The lowest BCUT2D eigenvalue weighted by molar-refractivity contribution is -0.137. The molecule has 6 nitrogen and oxygen atoms in total. The van der Waals surface area contributed by atoms with Gasteiger partial charge in [-0.1, -0.05) is 31.2 Å². The third-order valence-electron chi connectivity index (χ3n) is 5.23. The molecule has 2 aromatic rings. The highest BCUT2D eigenvalue weighted by Crippen LogP contribution is 2.28. The third kappa shape index (κ3) is 4.21. The number of hydrogen-bond acceptors (Lipinski definition) is 4. The maximum atomic E-state index is 13.1. The molecule has 3 atom stereocenters. The van der Waals surface area contributed by atoms with Crippen molar-refractivity contribution in [3.63, 3.8) is 0 Å². The van der Waals surface area contributed by atoms with Crippen LogP contribution in [0.5, 0.6) is 0 Å². The van der Waals surface area contributed by atoms with Crippen LogP contribution in [0.1, 0.15) is 44.0 Å². The molecule has 25 heavy (non-hydrogen) atoms. The first-order valence-electron chi connectivity index (χ1n) is 8.81. The van der Waals surface area contributed by atoms with Gasteiger partial charge in [0.25, 0.3) is 0 Å². The molecule has 3 unspecified atom stereocenters. The second-order valence-corrected chi connectivity index (χ2v) is 6.95. The summed E-state index contributed by atoms with van der Waals surface area (Å²) in [6.07, 6.45) is 2.80. The molecule has 0 saturated carbocycles. The van der Waals surface area contributed by atoms with E-state index in [0.29, 0.717) is 11.7 Å². The number of rotatable bonds is 5. The van der Waals surface area contributed by atoms with Gasteiger partial charge >= 0.3 is 0 Å². The minimum atomic E-state index is -0.254. The molecule has 0 aliphatic carbocycles. The van der Waals surface area contributed by atoms with Crippen LogP contribution in [-0.4, -0.2) is 44.5 Å². The fourth-order valence-electron chi connectivity index (χ4n) is 3.52. The summed E-state index contributed by atoms with van der Waals surface area (Å²) in [5.41, 5.74) is 0.989. The van der Waals surface area contributed by atoms with Crippen molar-refractivity contribution in [3.05, 3.63) is 41.5 Å². The largest absolute Gasteiger partial charge is 0.342 e. The number of carbonyl (C=O) groups excluding carboxylic acids is 1. The number of H-pyrrole nitrogens is 1. The highest BCUT2D eigenvalue weighted by molar-refractivity contribution is 5.79. The Morgan fingerprint density at radius 3 is 2.80 bits per heavy atom. The van der Waals surface area contributed by atoms with E-state index in [4.69, 9.17) is 0 Å². The number of nitrogens with one attached hydrogen (secondary N) is 1. The van der Waals surface area contributed by atoms with Gasteiger partial charge in [0.2, 0.25) is 5.91 Å². The Labute approximate surface area is 146 Å². The van der Waals surface area contributed by atoms with Gasteiger partial charge in [0.15, 0.2) is 5.82 Å². The Hall–Kier alpha value is -2.31. The van der Waals surface area contributed by atoms with E-state index >= 15 is 0 Å². The van der Waals surface area contributed by atoms with Crippen molar-refractivity contribution in [2.75, 3.05) is 13.1 Å². The molecule has 1 fully saturated rings. The zero-order valence-electron chi connectivity index (χ0n) is 14.7. The number of carbonyl (C=O) groups is 1. The third-order valence-corrected chi connectivity index (χ3v) is 5.23. The van der Waals surface area contributed by atoms with Gasteiger partial charge in [-0.25, -0.2) is 4.39 Å². The SMILES string of the molecule is CC(C(=O)N1CCCC(Cc2nn[nH]n2)C1)C(C)c1ccc(F)cc1. The Morgan fingerprint density at radius 1 is 1.36 bits per heavy atom. The highest BCUT2D eigenvalue weighted by Gasteiger charge is 2.30. The smallest absolute Gasteiger partial charge is 0.226 e. The fourth-order valence-corrected chi connectivity index (χ4v) is 3.52. The summed E-state index contributed by atoms with van der Waals surface area (Å²) in [5.74, 6) is 0.876. The lowest BCUT2D eigenvalue weighted by atomic mass is 9.86. The number of amides is 1. The summed E-state index contributed by atoms with van der Waals surface area (Å²) in [4.78, 5) is 14.9. The van der Waals surface area contributed by atoms with Gasteiger partial charge in [-0.3, -0.25) is 4.79 Å². The van der Waals surface area contributed by atoms with Crippen molar-refractivity contribution in [3.8, 4) is 0 Å². The van der Waals surface area contributed by atoms with Gasteiger partial charge in [-0.2, -0.15) is 5.21 Å². The normalized spacial score (nSPS) is 20.3. The number of benzene rings is 1. The number of piperidine rings is 1. The monoisotopic (exact) mass is 345 g/mol. The molecule has 1 N–H and O–H groups in total. The van der Waals surface area contributed by atoms with E-state index in [-0.39, 0.29) is 23.6 Å². The Balaban J connectivity index is 1.61. The first-order valence-corrected chi connectivity index (χ1v) is 8.81.